The molecule has 4 atom stereocenters. The zero-order valence-corrected chi connectivity index (χ0v) is 12.8. The molecule has 1 aliphatic heterocycles. The summed E-state index contributed by atoms with van der Waals surface area (Å²) in [5.74, 6) is 0.592. The van der Waals surface area contributed by atoms with Gasteiger partial charge in [0.05, 0.1) is 15.9 Å². The van der Waals surface area contributed by atoms with E-state index in [1.807, 2.05) is 0 Å². The summed E-state index contributed by atoms with van der Waals surface area (Å²) in [5.41, 5.74) is 0. The molecule has 1 aliphatic rings. The van der Waals surface area contributed by atoms with E-state index in [1.165, 1.54) is 9.75 Å². The predicted molar refractivity (Wildman–Crippen MR) is 80.4 cm³/mol. The zero-order chi connectivity index (χ0) is 13.4. The van der Waals surface area contributed by atoms with Crippen LogP contribution in [0.25, 0.3) is 0 Å². The third kappa shape index (κ3) is 2.38. The van der Waals surface area contributed by atoms with E-state index in [9.17, 15) is 5.11 Å². The number of rotatable bonds is 2. The molecule has 0 spiro atoms. The average Bonchev–Trinajstić information content (AvgIpc) is 3.08. The molecule has 0 aliphatic carbocycles. The highest BCUT2D eigenvalue weighted by molar-refractivity contribution is 7.10. The molecule has 0 saturated carbocycles. The van der Waals surface area contributed by atoms with Gasteiger partial charge in [-0.3, -0.25) is 0 Å². The Kier molecular flexibility index (Phi) is 3.76. The van der Waals surface area contributed by atoms with Crippen LogP contribution in [0.5, 0.6) is 0 Å². The maximum absolute atomic E-state index is 10.6. The van der Waals surface area contributed by atoms with Gasteiger partial charge in [-0.2, -0.15) is 0 Å². The van der Waals surface area contributed by atoms with E-state index in [0.717, 1.165) is 0 Å². The summed E-state index contributed by atoms with van der Waals surface area (Å²) < 4.78 is 0. The van der Waals surface area contributed by atoms with Gasteiger partial charge < -0.3 is 10.4 Å². The first-order chi connectivity index (χ1) is 9.18. The Hall–Kier alpha value is -0.680. The zero-order valence-electron chi connectivity index (χ0n) is 11.2. The van der Waals surface area contributed by atoms with E-state index in [2.05, 4.69) is 54.2 Å². The van der Waals surface area contributed by atoms with Crippen molar-refractivity contribution in [2.45, 2.75) is 32.0 Å². The first-order valence-corrected chi connectivity index (χ1v) is 8.54. The molecule has 3 N–H and O–H groups in total. The highest BCUT2D eigenvalue weighted by Crippen LogP contribution is 2.37. The largest absolute Gasteiger partial charge is 0.392 e. The Morgan fingerprint density at radius 3 is 1.79 bits per heavy atom. The van der Waals surface area contributed by atoms with Gasteiger partial charge in [0.15, 0.2) is 0 Å². The maximum atomic E-state index is 10.6. The van der Waals surface area contributed by atoms with Gasteiger partial charge in [-0.15, -0.1) is 22.7 Å². The molecule has 0 bridgehead atoms. The van der Waals surface area contributed by atoms with E-state index in [1.54, 1.807) is 22.7 Å². The predicted octanol–water partition coefficient (Wildman–Crippen LogP) is 2.80. The quantitative estimate of drug-likeness (QED) is 0.878. The van der Waals surface area contributed by atoms with E-state index in [4.69, 9.17) is 0 Å². The van der Waals surface area contributed by atoms with Crippen LogP contribution in [0.4, 0.5) is 0 Å². The van der Waals surface area contributed by atoms with Gasteiger partial charge in [0.2, 0.25) is 0 Å². The molecule has 19 heavy (non-hydrogen) atoms. The van der Waals surface area contributed by atoms with E-state index >= 15 is 0 Å². The Balaban J connectivity index is 1.91. The molecule has 3 rings (SSSR count). The molecule has 0 amide bonds. The molecule has 4 heteroatoms. The van der Waals surface area contributed by atoms with Gasteiger partial charge >= 0.3 is 0 Å². The number of hydrogen-bond donors (Lipinski definition) is 2. The molecule has 2 aromatic rings. The Labute approximate surface area is 122 Å². The van der Waals surface area contributed by atoms with Crippen LogP contribution in [0.3, 0.4) is 0 Å². The minimum Gasteiger partial charge on any atom is -0.392 e. The summed E-state index contributed by atoms with van der Waals surface area (Å²) in [6.45, 7) is 4.35. The normalized spacial score (nSPS) is 35.4. The fourth-order valence-electron chi connectivity index (χ4n) is 3.15. The van der Waals surface area contributed by atoms with Crippen LogP contribution >= 0.6 is 22.7 Å². The summed E-state index contributed by atoms with van der Waals surface area (Å²) in [6, 6.07) is 9.33. The molecule has 102 valence electrons. The van der Waals surface area contributed by atoms with Crippen LogP contribution < -0.4 is 5.32 Å². The molecular formula is C15H20NOS2+. The fraction of sp³-hybridized carbons (Fsp3) is 0.467. The Bertz CT molecular complexity index is 462. The van der Waals surface area contributed by atoms with Crippen LogP contribution in [0.2, 0.25) is 0 Å². The van der Waals surface area contributed by atoms with Crippen LogP contribution in [-0.2, 0) is 0 Å². The van der Waals surface area contributed by atoms with Gasteiger partial charge in [-0.1, -0.05) is 26.0 Å². The summed E-state index contributed by atoms with van der Waals surface area (Å²) in [4.78, 5) is 2.75. The van der Waals surface area contributed by atoms with Gasteiger partial charge in [-0.05, 0) is 22.9 Å². The van der Waals surface area contributed by atoms with Crippen molar-refractivity contribution in [3.8, 4) is 0 Å². The van der Waals surface area contributed by atoms with Gasteiger partial charge in [0, 0.05) is 11.8 Å². The van der Waals surface area contributed by atoms with Crippen molar-refractivity contribution in [3.05, 3.63) is 44.8 Å². The molecular weight excluding hydrogens is 274 g/mol. The van der Waals surface area contributed by atoms with E-state index in [-0.39, 0.29) is 6.10 Å². The first-order valence-electron chi connectivity index (χ1n) is 6.78. The van der Waals surface area contributed by atoms with Crippen molar-refractivity contribution in [1.82, 2.24) is 0 Å². The van der Waals surface area contributed by atoms with Crippen molar-refractivity contribution < 1.29 is 10.4 Å². The molecule has 1 fully saturated rings. The van der Waals surface area contributed by atoms with Crippen LogP contribution in [0, 0.1) is 11.8 Å². The lowest BCUT2D eigenvalue weighted by molar-refractivity contribution is -0.758. The molecule has 0 unspecified atom stereocenters. The number of piperidine rings is 1. The lowest BCUT2D eigenvalue weighted by Crippen LogP contribution is -2.91. The minimum atomic E-state index is -0.232. The molecule has 0 aromatic carbocycles. The van der Waals surface area contributed by atoms with Crippen molar-refractivity contribution in [1.29, 1.82) is 0 Å². The highest BCUT2D eigenvalue weighted by Gasteiger charge is 2.44. The summed E-state index contributed by atoms with van der Waals surface area (Å²) in [6.07, 6.45) is -0.232. The monoisotopic (exact) mass is 294 g/mol. The van der Waals surface area contributed by atoms with Crippen LogP contribution in [0.1, 0.15) is 35.7 Å². The standard InChI is InChI=1S/C15H19NOS2/c1-9-13(11-5-3-7-18-11)16-14(10(2)15(9)17)12-6-4-8-19-12/h3-10,13-17H,1-2H3/p+1/t9-,10-,13-,14-/m0/s1. The van der Waals surface area contributed by atoms with Crippen molar-refractivity contribution >= 4 is 22.7 Å². The number of quaternary nitrogens is 1. The number of thiophene rings is 2. The van der Waals surface area contributed by atoms with Gasteiger partial charge in [0.25, 0.3) is 0 Å². The maximum Gasteiger partial charge on any atom is 0.126 e. The molecule has 1 saturated heterocycles. The van der Waals surface area contributed by atoms with E-state index in [0.29, 0.717) is 23.9 Å². The van der Waals surface area contributed by atoms with Crippen LogP contribution in [0.15, 0.2) is 35.0 Å². The molecule has 2 nitrogen and oxygen atoms in total. The number of hydrogen-bond acceptors (Lipinski definition) is 3. The number of aliphatic hydroxyl groups excluding tert-OH is 1. The van der Waals surface area contributed by atoms with Gasteiger partial charge in [0.1, 0.15) is 12.1 Å². The van der Waals surface area contributed by atoms with Crippen molar-refractivity contribution in [3.63, 3.8) is 0 Å². The third-order valence-electron chi connectivity index (χ3n) is 4.37. The third-order valence-corrected chi connectivity index (χ3v) is 6.32. The molecule has 0 radical (unpaired) electrons. The Morgan fingerprint density at radius 1 is 0.947 bits per heavy atom. The summed E-state index contributed by atoms with van der Waals surface area (Å²) in [5, 5.41) is 17.3. The lowest BCUT2D eigenvalue weighted by Gasteiger charge is -2.40. The SMILES string of the molecule is C[C@@H]1C(O)[C@@H](C)[C@@H](c2cccs2)[NH2+][C@@H]1c1cccs1. The molecule has 2 aromatic heterocycles. The number of nitrogens with two attached hydrogens (primary N) is 1. The average molecular weight is 294 g/mol. The number of aliphatic hydroxyl groups is 1. The highest BCUT2D eigenvalue weighted by atomic mass is 32.1. The fourth-order valence-corrected chi connectivity index (χ4v) is 4.99. The van der Waals surface area contributed by atoms with Crippen LogP contribution in [-0.4, -0.2) is 11.2 Å². The summed E-state index contributed by atoms with van der Waals surface area (Å²) >= 11 is 3.59. The molecule has 3 heterocycles. The second kappa shape index (κ2) is 5.37. The summed E-state index contributed by atoms with van der Waals surface area (Å²) in [7, 11) is 0. The van der Waals surface area contributed by atoms with E-state index < -0.39 is 0 Å². The smallest absolute Gasteiger partial charge is 0.126 e. The minimum absolute atomic E-state index is 0.232. The van der Waals surface area contributed by atoms with Crippen molar-refractivity contribution in [2.24, 2.45) is 11.8 Å². The topological polar surface area (TPSA) is 36.8 Å². The Morgan fingerprint density at radius 2 is 1.42 bits per heavy atom. The second-order valence-electron chi connectivity index (χ2n) is 5.48. The lowest BCUT2D eigenvalue weighted by atomic mass is 9.78. The second-order valence-corrected chi connectivity index (χ2v) is 7.44. The van der Waals surface area contributed by atoms with Gasteiger partial charge in [-0.25, -0.2) is 0 Å². The van der Waals surface area contributed by atoms with Crippen molar-refractivity contribution in [2.75, 3.05) is 0 Å². The first kappa shape index (κ1) is 13.3.